The molecule has 72 valence electrons. The molecule has 0 aromatic rings. The van der Waals surface area contributed by atoms with Crippen LogP contribution in [0.1, 0.15) is 32.1 Å². The van der Waals surface area contributed by atoms with Gasteiger partial charge in [0, 0.05) is 6.54 Å². The molecule has 0 aromatic carbocycles. The molecule has 5 N–H and O–H groups in total. The summed E-state index contributed by atoms with van der Waals surface area (Å²) in [5.74, 6) is 9.96. The molecular formula is C7H19N5. The molecule has 0 rings (SSSR count). The first-order valence-corrected chi connectivity index (χ1v) is 4.42. The fourth-order valence-corrected chi connectivity index (χ4v) is 0.998. The van der Waals surface area contributed by atoms with E-state index in [1.165, 1.54) is 19.3 Å². The molecule has 0 fully saturated rings. The summed E-state index contributed by atoms with van der Waals surface area (Å²) < 4.78 is 0. The Kier molecular flexibility index (Phi) is 9.74. The monoisotopic (exact) mass is 173 g/mol. The van der Waals surface area contributed by atoms with Gasteiger partial charge in [-0.1, -0.05) is 24.5 Å². The second-order valence-electron chi connectivity index (χ2n) is 2.70. The third kappa shape index (κ3) is 9.32. The number of hydrogen-bond donors (Lipinski definition) is 3. The topological polar surface area (TPSA) is 88.8 Å². The molecule has 0 spiro atoms. The molecule has 5 nitrogen and oxygen atoms in total. The Morgan fingerprint density at radius 1 is 1.00 bits per heavy atom. The summed E-state index contributed by atoms with van der Waals surface area (Å²) >= 11 is 0. The zero-order valence-electron chi connectivity index (χ0n) is 7.50. The van der Waals surface area contributed by atoms with Crippen molar-refractivity contribution < 1.29 is 0 Å². The lowest BCUT2D eigenvalue weighted by Crippen LogP contribution is -2.22. The summed E-state index contributed by atoms with van der Waals surface area (Å²) in [5, 5.41) is 6.86. The first-order valence-electron chi connectivity index (χ1n) is 4.42. The fourth-order valence-electron chi connectivity index (χ4n) is 0.998. The van der Waals surface area contributed by atoms with Crippen LogP contribution in [0.4, 0.5) is 0 Å². The maximum atomic E-state index is 5.12. The van der Waals surface area contributed by atoms with Crippen molar-refractivity contribution in [3.63, 3.8) is 0 Å². The Labute approximate surface area is 73.5 Å². The average molecular weight is 173 g/mol. The van der Waals surface area contributed by atoms with Gasteiger partial charge in [0.05, 0.1) is 6.54 Å². The first-order chi connectivity index (χ1) is 5.91. The van der Waals surface area contributed by atoms with Gasteiger partial charge in [-0.15, -0.1) is 0 Å². The van der Waals surface area contributed by atoms with Gasteiger partial charge in [0.15, 0.2) is 0 Å². The molecule has 0 aliphatic carbocycles. The standard InChI is InChI=1S/C7H19N5/c8-10-6-4-2-1-3-5-7-11-12-9/h10H,1-8H2,(H2,9,11). The third-order valence-corrected chi connectivity index (χ3v) is 1.66. The maximum absolute atomic E-state index is 5.12. The summed E-state index contributed by atoms with van der Waals surface area (Å²) in [7, 11) is 0. The van der Waals surface area contributed by atoms with Crippen molar-refractivity contribution in [3.05, 3.63) is 0 Å². The summed E-state index contributed by atoms with van der Waals surface area (Å²) in [5.41, 5.74) is 2.63. The van der Waals surface area contributed by atoms with Crippen LogP contribution in [0.5, 0.6) is 0 Å². The molecule has 5 heteroatoms. The third-order valence-electron chi connectivity index (χ3n) is 1.66. The minimum Gasteiger partial charge on any atom is -0.305 e. The highest BCUT2D eigenvalue weighted by molar-refractivity contribution is 4.46. The van der Waals surface area contributed by atoms with Gasteiger partial charge in [0.25, 0.3) is 0 Å². The zero-order valence-corrected chi connectivity index (χ0v) is 7.50. The Morgan fingerprint density at radius 2 is 1.67 bits per heavy atom. The van der Waals surface area contributed by atoms with E-state index in [9.17, 15) is 0 Å². The van der Waals surface area contributed by atoms with Gasteiger partial charge in [0.2, 0.25) is 0 Å². The Morgan fingerprint density at radius 3 is 2.33 bits per heavy atom. The van der Waals surface area contributed by atoms with Crippen LogP contribution in [0.25, 0.3) is 0 Å². The van der Waals surface area contributed by atoms with Crippen molar-refractivity contribution in [1.29, 1.82) is 0 Å². The minimum absolute atomic E-state index is 0.756. The Hall–Kier alpha value is -0.680. The highest BCUT2D eigenvalue weighted by atomic mass is 15.3. The molecule has 0 heterocycles. The predicted molar refractivity (Wildman–Crippen MR) is 49.2 cm³/mol. The van der Waals surface area contributed by atoms with Gasteiger partial charge in [-0.2, -0.15) is 5.11 Å². The number of nitrogens with two attached hydrogens (primary N) is 2. The summed E-state index contributed by atoms with van der Waals surface area (Å²) in [6.07, 6.45) is 5.89. The summed E-state index contributed by atoms with van der Waals surface area (Å²) in [4.78, 5) is 0. The number of unbranched alkanes of at least 4 members (excludes halogenated alkanes) is 4. The van der Waals surface area contributed by atoms with E-state index in [4.69, 9.17) is 11.7 Å². The van der Waals surface area contributed by atoms with E-state index in [0.717, 1.165) is 25.9 Å². The van der Waals surface area contributed by atoms with Crippen molar-refractivity contribution in [1.82, 2.24) is 5.43 Å². The predicted octanol–water partition coefficient (Wildman–Crippen LogP) is 0.726. The van der Waals surface area contributed by atoms with Gasteiger partial charge in [0.1, 0.15) is 0 Å². The molecule has 0 bridgehead atoms. The lowest BCUT2D eigenvalue weighted by atomic mass is 10.1. The zero-order chi connectivity index (χ0) is 9.07. The number of hydrogen-bond acceptors (Lipinski definition) is 4. The highest BCUT2D eigenvalue weighted by Crippen LogP contribution is 2.02. The number of rotatable bonds is 8. The number of nitrogens with zero attached hydrogens (tertiary/aromatic N) is 2. The quantitative estimate of drug-likeness (QED) is 0.219. The van der Waals surface area contributed by atoms with Gasteiger partial charge in [-0.05, 0) is 12.8 Å². The van der Waals surface area contributed by atoms with Crippen molar-refractivity contribution in [2.45, 2.75) is 32.1 Å². The SMILES string of the molecule is NN=NCCCCCCCNN. The molecule has 0 radical (unpaired) electrons. The lowest BCUT2D eigenvalue weighted by molar-refractivity contribution is 0.584. The average Bonchev–Trinajstić information content (AvgIpc) is 2.10. The fraction of sp³-hybridized carbons (Fsp3) is 1.00. The molecule has 0 amide bonds. The van der Waals surface area contributed by atoms with Crippen LogP contribution in [0, 0.1) is 0 Å². The van der Waals surface area contributed by atoms with Gasteiger partial charge < -0.3 is 5.84 Å². The van der Waals surface area contributed by atoms with Crippen LogP contribution in [-0.2, 0) is 0 Å². The van der Waals surface area contributed by atoms with Crippen LogP contribution < -0.4 is 17.1 Å². The van der Waals surface area contributed by atoms with Crippen molar-refractivity contribution in [2.75, 3.05) is 13.1 Å². The van der Waals surface area contributed by atoms with Gasteiger partial charge in [-0.3, -0.25) is 11.3 Å². The summed E-state index contributed by atoms with van der Waals surface area (Å²) in [6, 6.07) is 0. The van der Waals surface area contributed by atoms with Crippen LogP contribution in [0.15, 0.2) is 10.3 Å². The number of hydrazine groups is 1. The minimum atomic E-state index is 0.756. The van der Waals surface area contributed by atoms with Crippen LogP contribution in [0.3, 0.4) is 0 Å². The van der Waals surface area contributed by atoms with E-state index >= 15 is 0 Å². The van der Waals surface area contributed by atoms with E-state index in [1.54, 1.807) is 0 Å². The van der Waals surface area contributed by atoms with E-state index in [0.29, 0.717) is 0 Å². The molecule has 0 atom stereocenters. The first kappa shape index (κ1) is 11.3. The molecule has 0 unspecified atom stereocenters. The molecule has 0 aromatic heterocycles. The molecular weight excluding hydrogens is 154 g/mol. The number of nitrogens with one attached hydrogen (secondary N) is 1. The van der Waals surface area contributed by atoms with E-state index in [2.05, 4.69) is 15.8 Å². The maximum Gasteiger partial charge on any atom is 0.0620 e. The Bertz CT molecular complexity index is 104. The lowest BCUT2D eigenvalue weighted by Gasteiger charge is -1.98. The summed E-state index contributed by atoms with van der Waals surface area (Å²) in [6.45, 7) is 1.66. The van der Waals surface area contributed by atoms with Gasteiger partial charge in [-0.25, -0.2) is 0 Å². The Balaban J connectivity index is 2.81. The van der Waals surface area contributed by atoms with Crippen molar-refractivity contribution >= 4 is 0 Å². The van der Waals surface area contributed by atoms with E-state index in [-0.39, 0.29) is 0 Å². The second-order valence-corrected chi connectivity index (χ2v) is 2.70. The molecule has 0 saturated carbocycles. The van der Waals surface area contributed by atoms with E-state index in [1.807, 2.05) is 0 Å². The highest BCUT2D eigenvalue weighted by Gasteiger charge is 1.89. The second kappa shape index (κ2) is 10.3. The normalized spacial score (nSPS) is 11.1. The smallest absolute Gasteiger partial charge is 0.0620 e. The molecule has 0 aliphatic heterocycles. The molecule has 0 aliphatic rings. The molecule has 0 saturated heterocycles. The van der Waals surface area contributed by atoms with Crippen LogP contribution in [0.2, 0.25) is 0 Å². The van der Waals surface area contributed by atoms with Crippen molar-refractivity contribution in [3.8, 4) is 0 Å². The van der Waals surface area contributed by atoms with Crippen LogP contribution >= 0.6 is 0 Å². The molecule has 12 heavy (non-hydrogen) atoms. The van der Waals surface area contributed by atoms with E-state index < -0.39 is 0 Å². The largest absolute Gasteiger partial charge is 0.305 e. The van der Waals surface area contributed by atoms with Gasteiger partial charge >= 0.3 is 0 Å². The van der Waals surface area contributed by atoms with Crippen molar-refractivity contribution in [2.24, 2.45) is 22.0 Å². The van der Waals surface area contributed by atoms with Crippen LogP contribution in [-0.4, -0.2) is 13.1 Å².